The Kier molecular flexibility index (Phi) is 21.9. The van der Waals surface area contributed by atoms with Gasteiger partial charge >= 0.3 is 17.9 Å². The topological polar surface area (TPSA) is 214 Å². The minimum Gasteiger partial charge on any atom is -0.481 e. The molecule has 13 heteroatoms. The molecule has 0 saturated heterocycles. The van der Waals surface area contributed by atoms with Crippen LogP contribution >= 0.6 is 0 Å². The highest BCUT2D eigenvalue weighted by Gasteiger charge is 2.41. The second kappa shape index (κ2) is 25.7. The number of allylic oxidation sites excluding steroid dienone is 20. The number of ketones is 2. The summed E-state index contributed by atoms with van der Waals surface area (Å²) in [5, 5.41) is 39.4. The van der Waals surface area contributed by atoms with Crippen LogP contribution in [0.15, 0.2) is 130 Å². The molecule has 0 aliphatic heterocycles. The second-order valence-corrected chi connectivity index (χ2v) is 18.0. The number of ether oxygens (including phenoxy) is 2. The Labute approximate surface area is 384 Å². The fourth-order valence-electron chi connectivity index (χ4n) is 7.24. The zero-order valence-electron chi connectivity index (χ0n) is 39.7. The van der Waals surface area contributed by atoms with Crippen LogP contribution in [-0.2, 0) is 38.2 Å². The molecule has 5 N–H and O–H groups in total. The number of carboxylic acids is 1. The van der Waals surface area contributed by atoms with Gasteiger partial charge in [0.05, 0.1) is 39.1 Å². The van der Waals surface area contributed by atoms with Crippen molar-refractivity contribution in [2.24, 2.45) is 10.8 Å². The molecule has 65 heavy (non-hydrogen) atoms. The third-order valence-electron chi connectivity index (χ3n) is 11.2. The van der Waals surface area contributed by atoms with Crippen LogP contribution in [0.4, 0.5) is 0 Å². The van der Waals surface area contributed by atoms with Crippen LogP contribution in [0.3, 0.4) is 0 Å². The first-order valence-corrected chi connectivity index (χ1v) is 21.7. The number of carboxylic acid groups (broad SMARTS) is 1. The molecule has 0 aromatic carbocycles. The highest BCUT2D eigenvalue weighted by molar-refractivity contribution is 6.02. The van der Waals surface area contributed by atoms with Crippen LogP contribution in [0.25, 0.3) is 0 Å². The number of aliphatic hydroxyl groups excluding tert-OH is 3. The Hall–Kier alpha value is -5.76. The van der Waals surface area contributed by atoms with Gasteiger partial charge in [0.2, 0.25) is 5.91 Å². The quantitative estimate of drug-likeness (QED) is 0.0528. The summed E-state index contributed by atoms with van der Waals surface area (Å²) < 4.78 is 10.9. The summed E-state index contributed by atoms with van der Waals surface area (Å²) >= 11 is 0. The molecule has 0 saturated carbocycles. The van der Waals surface area contributed by atoms with Gasteiger partial charge in [-0.15, -0.1) is 0 Å². The highest BCUT2D eigenvalue weighted by Crippen LogP contribution is 2.42. The molecule has 2 rings (SSSR count). The smallest absolute Gasteiger partial charge is 0.307 e. The minimum absolute atomic E-state index is 0.262. The van der Waals surface area contributed by atoms with Crippen LogP contribution in [0, 0.1) is 10.8 Å². The Balaban J connectivity index is 1.96. The number of hydrogen-bond acceptors (Lipinski definition) is 11. The largest absolute Gasteiger partial charge is 0.481 e. The first-order chi connectivity index (χ1) is 30.4. The van der Waals surface area contributed by atoms with Gasteiger partial charge in [0.25, 0.3) is 0 Å². The third-order valence-corrected chi connectivity index (χ3v) is 11.2. The highest BCUT2D eigenvalue weighted by atomic mass is 16.6. The zero-order valence-corrected chi connectivity index (χ0v) is 39.7. The number of carbonyl (C=O) groups excluding carboxylic acids is 5. The molecule has 2 atom stereocenters. The van der Waals surface area contributed by atoms with E-state index in [2.05, 4.69) is 5.32 Å². The van der Waals surface area contributed by atoms with Crippen molar-refractivity contribution < 1.29 is 58.7 Å². The van der Waals surface area contributed by atoms with Crippen molar-refractivity contribution in [3.05, 3.63) is 130 Å². The van der Waals surface area contributed by atoms with Crippen molar-refractivity contribution >= 4 is 35.4 Å². The lowest BCUT2D eigenvalue weighted by Crippen LogP contribution is -2.57. The first kappa shape index (κ1) is 55.4. The van der Waals surface area contributed by atoms with E-state index < -0.39 is 72.2 Å². The van der Waals surface area contributed by atoms with Crippen LogP contribution in [0.2, 0.25) is 0 Å². The number of aliphatic carboxylic acids is 1. The van der Waals surface area contributed by atoms with E-state index >= 15 is 0 Å². The maximum absolute atomic E-state index is 13.3. The Morgan fingerprint density at radius 2 is 0.954 bits per heavy atom. The number of amides is 1. The number of hydrogen-bond donors (Lipinski definition) is 5. The molecule has 354 valence electrons. The number of Topliss-reactive ketones (excluding diaryl/α,β-unsaturated/α-hetero) is 2. The van der Waals surface area contributed by atoms with E-state index in [0.717, 1.165) is 33.4 Å². The van der Waals surface area contributed by atoms with E-state index in [9.17, 15) is 44.1 Å². The van der Waals surface area contributed by atoms with Gasteiger partial charge in [-0.25, -0.2) is 0 Å². The molecule has 2 aliphatic carbocycles. The summed E-state index contributed by atoms with van der Waals surface area (Å²) in [6.07, 6.45) is 24.9. The van der Waals surface area contributed by atoms with Crippen molar-refractivity contribution in [2.45, 2.75) is 126 Å². The van der Waals surface area contributed by atoms with Crippen LogP contribution in [0.1, 0.15) is 108 Å². The number of nitrogens with one attached hydrogen (secondary N) is 1. The molecule has 1 amide bonds. The summed E-state index contributed by atoms with van der Waals surface area (Å²) in [7, 11) is 0. The van der Waals surface area contributed by atoms with Crippen molar-refractivity contribution in [3.8, 4) is 0 Å². The summed E-state index contributed by atoms with van der Waals surface area (Å²) in [5.74, 6) is -3.76. The number of esters is 2. The Morgan fingerprint density at radius 1 is 0.600 bits per heavy atom. The lowest BCUT2D eigenvalue weighted by Gasteiger charge is -2.36. The van der Waals surface area contributed by atoms with Crippen LogP contribution in [0.5, 0.6) is 0 Å². The normalized spacial score (nSPS) is 20.3. The van der Waals surface area contributed by atoms with Crippen molar-refractivity contribution in [3.63, 3.8) is 0 Å². The molecule has 13 nitrogen and oxygen atoms in total. The maximum Gasteiger partial charge on any atom is 0.307 e. The molecule has 0 aromatic rings. The second-order valence-electron chi connectivity index (χ2n) is 18.0. The monoisotopic (exact) mass is 899 g/mol. The summed E-state index contributed by atoms with van der Waals surface area (Å²) in [6, 6.07) is 0. The van der Waals surface area contributed by atoms with Crippen molar-refractivity contribution in [2.75, 3.05) is 19.8 Å². The number of aliphatic hydroxyl groups is 3. The number of carbonyl (C=O) groups is 6. The lowest BCUT2D eigenvalue weighted by molar-refractivity contribution is -0.157. The summed E-state index contributed by atoms with van der Waals surface area (Å²) in [6.45, 7) is 17.2. The van der Waals surface area contributed by atoms with E-state index in [0.29, 0.717) is 17.6 Å². The van der Waals surface area contributed by atoms with Crippen molar-refractivity contribution in [1.29, 1.82) is 0 Å². The molecule has 0 heterocycles. The van der Waals surface area contributed by atoms with Crippen LogP contribution < -0.4 is 5.32 Å². The predicted octanol–water partition coefficient (Wildman–Crippen LogP) is 7.48. The third kappa shape index (κ3) is 18.0. The van der Waals surface area contributed by atoms with Gasteiger partial charge in [0.15, 0.2) is 23.8 Å². The molecule has 0 radical (unpaired) electrons. The standard InChI is InChI=1S/C52H69NO12/c1-34(15-11-12-16-35(2)18-14-20-37(4)22-24-41-39(6)49(63)43(30-51(41,9)10)65-47(61)28-26-45(58)59)17-13-19-36(3)21-23-40-38(5)48(62)42(29-50(40,7)8)64-46(60)27-25-44(57)53-52(31-54,32-55)33-56/h11-24,42-43,54-56H,25-33H2,1-10H3,(H,53,57)(H,58,59)/b12-11+,17-13+,18-14+,23-21+,24-22+,34-15+,35-16+,36-19+,37-20+. The molecular weight excluding hydrogens is 831 g/mol. The predicted molar refractivity (Wildman–Crippen MR) is 251 cm³/mol. The molecule has 0 fully saturated rings. The van der Waals surface area contributed by atoms with Crippen molar-refractivity contribution in [1.82, 2.24) is 5.32 Å². The van der Waals surface area contributed by atoms with Crippen LogP contribution in [-0.4, -0.2) is 93.4 Å². The summed E-state index contributed by atoms with van der Waals surface area (Å²) in [4.78, 5) is 74.0. The Morgan fingerprint density at radius 3 is 1.32 bits per heavy atom. The molecule has 2 aliphatic rings. The molecule has 0 spiro atoms. The van der Waals surface area contributed by atoms with Gasteiger partial charge < -0.3 is 35.2 Å². The maximum atomic E-state index is 13.3. The molecule has 2 unspecified atom stereocenters. The zero-order chi connectivity index (χ0) is 49.1. The average molecular weight is 900 g/mol. The first-order valence-electron chi connectivity index (χ1n) is 21.7. The number of rotatable bonds is 22. The van der Waals surface area contributed by atoms with Gasteiger partial charge in [0, 0.05) is 19.3 Å². The Bertz CT molecular complexity index is 2130. The average Bonchev–Trinajstić information content (AvgIpc) is 3.23. The SMILES string of the molecule is CC1=C(/C=C/C(C)=C/C=C/C(C)=C/C=C/C=C(C)/C=C/C=C(C)/C=C/C2=C(C)C(=O)C(OC(=O)CCC(=O)NC(CO)(CO)CO)CC2(C)C)C(C)(C)CC(OC(=O)CCC(=O)O)C1=O. The van der Waals surface area contributed by atoms with E-state index in [-0.39, 0.29) is 43.7 Å². The van der Waals surface area contributed by atoms with E-state index in [4.69, 9.17) is 14.6 Å². The molecular formula is C52H69NO12. The van der Waals surface area contributed by atoms with Gasteiger partial charge in [-0.3, -0.25) is 28.8 Å². The molecule has 0 aromatic heterocycles. The fourth-order valence-corrected chi connectivity index (χ4v) is 7.24. The summed E-state index contributed by atoms with van der Waals surface area (Å²) in [5.41, 5.74) is 4.20. The van der Waals surface area contributed by atoms with Gasteiger partial charge in [0.1, 0.15) is 5.54 Å². The van der Waals surface area contributed by atoms with E-state index in [1.54, 1.807) is 13.8 Å². The van der Waals surface area contributed by atoms with Gasteiger partial charge in [-0.2, -0.15) is 0 Å². The lowest BCUT2D eigenvalue weighted by atomic mass is 9.71. The van der Waals surface area contributed by atoms with Gasteiger partial charge in [-0.1, -0.05) is 135 Å². The molecule has 0 bridgehead atoms. The minimum atomic E-state index is -1.60. The fraction of sp³-hybridized carbons (Fsp3) is 0.462. The van der Waals surface area contributed by atoms with E-state index in [1.807, 2.05) is 140 Å². The van der Waals surface area contributed by atoms with Gasteiger partial charge in [-0.05, 0) is 74.7 Å². The van der Waals surface area contributed by atoms with E-state index in [1.165, 1.54) is 0 Å².